The molecule has 2 rings (SSSR count). The smallest absolute Gasteiger partial charge is 0.253 e. The summed E-state index contributed by atoms with van der Waals surface area (Å²) in [6.45, 7) is 3.04. The molecule has 0 spiro atoms. The Hall–Kier alpha value is -2.01. The molecule has 0 bridgehead atoms. The second-order valence-electron chi connectivity index (χ2n) is 4.48. The first-order valence-corrected chi connectivity index (χ1v) is 7.35. The minimum absolute atomic E-state index is 0.0500. The van der Waals surface area contributed by atoms with Gasteiger partial charge in [-0.15, -0.1) is 0 Å². The molecule has 1 aromatic carbocycles. The average Bonchev–Trinajstić information content (AvgIpc) is 2.93. The predicted octanol–water partition coefficient (Wildman–Crippen LogP) is 3.00. The molecule has 5 heteroatoms. The van der Waals surface area contributed by atoms with Crippen molar-refractivity contribution in [2.24, 2.45) is 0 Å². The van der Waals surface area contributed by atoms with Crippen molar-refractivity contribution in [3.63, 3.8) is 0 Å². The fraction of sp³-hybridized carbons (Fsp3) is 0.267. The van der Waals surface area contributed by atoms with Gasteiger partial charge in [0.2, 0.25) is 0 Å². The van der Waals surface area contributed by atoms with Gasteiger partial charge in [-0.1, -0.05) is 0 Å². The maximum Gasteiger partial charge on any atom is 0.253 e. The van der Waals surface area contributed by atoms with Crippen LogP contribution in [-0.4, -0.2) is 24.5 Å². The van der Waals surface area contributed by atoms with Crippen LogP contribution in [0.3, 0.4) is 0 Å². The van der Waals surface area contributed by atoms with Gasteiger partial charge in [0.25, 0.3) is 5.91 Å². The van der Waals surface area contributed by atoms with Crippen molar-refractivity contribution in [1.82, 2.24) is 4.90 Å². The topological polar surface area (TPSA) is 55.6 Å². The van der Waals surface area contributed by atoms with Crippen molar-refractivity contribution in [2.75, 3.05) is 19.4 Å². The zero-order chi connectivity index (χ0) is 14.5. The van der Waals surface area contributed by atoms with Crippen molar-refractivity contribution >= 4 is 22.9 Å². The molecule has 0 aliphatic heterocycles. The van der Waals surface area contributed by atoms with Crippen LogP contribution in [0, 0.1) is 0 Å². The number of carbonyl (C=O) groups is 1. The summed E-state index contributed by atoms with van der Waals surface area (Å²) in [5.41, 5.74) is 8.08. The highest BCUT2D eigenvalue weighted by atomic mass is 32.1. The van der Waals surface area contributed by atoms with E-state index in [4.69, 9.17) is 10.5 Å². The molecule has 0 radical (unpaired) electrons. The summed E-state index contributed by atoms with van der Waals surface area (Å²) >= 11 is 1.62. The van der Waals surface area contributed by atoms with E-state index < -0.39 is 0 Å². The van der Waals surface area contributed by atoms with Crippen LogP contribution >= 0.6 is 11.3 Å². The fourth-order valence-corrected chi connectivity index (χ4v) is 2.58. The van der Waals surface area contributed by atoms with Crippen LogP contribution in [0.1, 0.15) is 22.8 Å². The molecular formula is C15H18N2O2S. The van der Waals surface area contributed by atoms with Gasteiger partial charge < -0.3 is 15.4 Å². The zero-order valence-corrected chi connectivity index (χ0v) is 12.4. The summed E-state index contributed by atoms with van der Waals surface area (Å²) in [6, 6.07) is 7.16. The number of nitrogens with zero attached hydrogens (tertiary/aromatic N) is 1. The zero-order valence-electron chi connectivity index (χ0n) is 11.6. The van der Waals surface area contributed by atoms with Gasteiger partial charge in [-0.05, 0) is 47.5 Å². The van der Waals surface area contributed by atoms with E-state index in [1.807, 2.05) is 23.8 Å². The number of anilines is 1. The fourth-order valence-electron chi connectivity index (χ4n) is 1.92. The Morgan fingerprint density at radius 1 is 1.40 bits per heavy atom. The van der Waals surface area contributed by atoms with Gasteiger partial charge in [0.05, 0.1) is 12.3 Å². The van der Waals surface area contributed by atoms with Crippen LogP contribution in [0.2, 0.25) is 0 Å². The van der Waals surface area contributed by atoms with Crippen molar-refractivity contribution in [3.05, 3.63) is 46.2 Å². The molecule has 0 unspecified atom stereocenters. The van der Waals surface area contributed by atoms with Crippen LogP contribution in [0.4, 0.5) is 5.69 Å². The Bertz CT molecular complexity index is 582. The van der Waals surface area contributed by atoms with Gasteiger partial charge in [-0.25, -0.2) is 0 Å². The summed E-state index contributed by atoms with van der Waals surface area (Å²) in [5, 5.41) is 4.04. The number of amides is 1. The van der Waals surface area contributed by atoms with E-state index in [1.54, 1.807) is 41.5 Å². The van der Waals surface area contributed by atoms with Crippen LogP contribution in [0.5, 0.6) is 5.75 Å². The Kier molecular flexibility index (Phi) is 4.63. The van der Waals surface area contributed by atoms with Crippen molar-refractivity contribution < 1.29 is 9.53 Å². The van der Waals surface area contributed by atoms with E-state index in [9.17, 15) is 4.79 Å². The first-order valence-electron chi connectivity index (χ1n) is 6.40. The summed E-state index contributed by atoms with van der Waals surface area (Å²) in [6.07, 6.45) is 0. The highest BCUT2D eigenvalue weighted by Gasteiger charge is 2.14. The number of carbonyl (C=O) groups excluding carboxylic acids is 1. The molecule has 1 aromatic heterocycles. The molecule has 0 saturated carbocycles. The number of hydrogen-bond donors (Lipinski definition) is 1. The van der Waals surface area contributed by atoms with Gasteiger partial charge in [0.1, 0.15) is 5.75 Å². The molecule has 0 saturated heterocycles. The standard InChI is InChI=1S/C15H18N2O2S/c1-3-19-14-5-4-12(8-13(14)16)15(18)17(2)9-11-6-7-20-10-11/h4-8,10H,3,9,16H2,1-2H3. The molecule has 4 nitrogen and oxygen atoms in total. The average molecular weight is 290 g/mol. The molecule has 0 atom stereocenters. The quantitative estimate of drug-likeness (QED) is 0.861. The molecule has 20 heavy (non-hydrogen) atoms. The summed E-state index contributed by atoms with van der Waals surface area (Å²) < 4.78 is 5.37. The lowest BCUT2D eigenvalue weighted by Crippen LogP contribution is -2.26. The molecule has 0 fully saturated rings. The van der Waals surface area contributed by atoms with Crippen LogP contribution < -0.4 is 10.5 Å². The predicted molar refractivity (Wildman–Crippen MR) is 82.1 cm³/mol. The minimum Gasteiger partial charge on any atom is -0.492 e. The molecule has 1 amide bonds. The third-order valence-corrected chi connectivity index (χ3v) is 3.64. The first kappa shape index (κ1) is 14.4. The van der Waals surface area contributed by atoms with Gasteiger partial charge in [-0.3, -0.25) is 4.79 Å². The maximum atomic E-state index is 12.3. The second kappa shape index (κ2) is 6.43. The van der Waals surface area contributed by atoms with E-state index >= 15 is 0 Å². The number of nitrogens with two attached hydrogens (primary N) is 1. The Balaban J connectivity index is 2.10. The van der Waals surface area contributed by atoms with E-state index in [0.29, 0.717) is 30.2 Å². The summed E-state index contributed by atoms with van der Waals surface area (Å²) in [4.78, 5) is 14.0. The van der Waals surface area contributed by atoms with Crippen molar-refractivity contribution in [3.8, 4) is 5.75 Å². The van der Waals surface area contributed by atoms with Crippen LogP contribution in [0.25, 0.3) is 0 Å². The van der Waals surface area contributed by atoms with Crippen LogP contribution in [-0.2, 0) is 6.54 Å². The Labute approximate surface area is 122 Å². The van der Waals surface area contributed by atoms with E-state index in [2.05, 4.69) is 0 Å². The number of benzene rings is 1. The summed E-state index contributed by atoms with van der Waals surface area (Å²) in [7, 11) is 1.78. The number of nitrogen functional groups attached to an aromatic ring is 1. The van der Waals surface area contributed by atoms with Crippen LogP contribution in [0.15, 0.2) is 35.0 Å². The molecule has 2 aromatic rings. The number of hydrogen-bond acceptors (Lipinski definition) is 4. The van der Waals surface area contributed by atoms with Gasteiger partial charge >= 0.3 is 0 Å². The normalized spacial score (nSPS) is 10.3. The van der Waals surface area contributed by atoms with Gasteiger partial charge in [-0.2, -0.15) is 11.3 Å². The van der Waals surface area contributed by atoms with Crippen molar-refractivity contribution in [1.29, 1.82) is 0 Å². The Morgan fingerprint density at radius 3 is 2.80 bits per heavy atom. The maximum absolute atomic E-state index is 12.3. The highest BCUT2D eigenvalue weighted by molar-refractivity contribution is 7.07. The lowest BCUT2D eigenvalue weighted by atomic mass is 10.1. The lowest BCUT2D eigenvalue weighted by molar-refractivity contribution is 0.0785. The molecule has 106 valence electrons. The number of rotatable bonds is 5. The number of thiophene rings is 1. The highest BCUT2D eigenvalue weighted by Crippen LogP contribution is 2.23. The van der Waals surface area contributed by atoms with Gasteiger partial charge in [0, 0.05) is 19.2 Å². The van der Waals surface area contributed by atoms with Crippen molar-refractivity contribution in [2.45, 2.75) is 13.5 Å². The molecule has 0 aliphatic carbocycles. The summed E-state index contributed by atoms with van der Waals surface area (Å²) in [5.74, 6) is 0.565. The van der Waals surface area contributed by atoms with E-state index in [-0.39, 0.29) is 5.91 Å². The van der Waals surface area contributed by atoms with E-state index in [0.717, 1.165) is 5.56 Å². The second-order valence-corrected chi connectivity index (χ2v) is 5.26. The third kappa shape index (κ3) is 3.30. The first-order chi connectivity index (χ1) is 9.61. The molecule has 2 N–H and O–H groups in total. The largest absolute Gasteiger partial charge is 0.492 e. The minimum atomic E-state index is -0.0500. The lowest BCUT2D eigenvalue weighted by Gasteiger charge is -2.17. The third-order valence-electron chi connectivity index (χ3n) is 2.90. The van der Waals surface area contributed by atoms with Gasteiger partial charge in [0.15, 0.2) is 0 Å². The molecule has 1 heterocycles. The van der Waals surface area contributed by atoms with E-state index in [1.165, 1.54) is 0 Å². The number of ether oxygens (including phenoxy) is 1. The SMILES string of the molecule is CCOc1ccc(C(=O)N(C)Cc2ccsc2)cc1N. The molecule has 0 aliphatic rings. The monoisotopic (exact) mass is 290 g/mol. The Morgan fingerprint density at radius 2 is 2.20 bits per heavy atom. The molecular weight excluding hydrogens is 272 g/mol.